The summed E-state index contributed by atoms with van der Waals surface area (Å²) in [6.07, 6.45) is 0.757. The number of thiophene rings is 1. The number of methoxy groups -OCH3 is 2. The Morgan fingerprint density at radius 2 is 2.04 bits per heavy atom. The van der Waals surface area contributed by atoms with Crippen LogP contribution in [0.4, 0.5) is 0 Å². The summed E-state index contributed by atoms with van der Waals surface area (Å²) in [5.74, 6) is 0.490. The van der Waals surface area contributed by atoms with Gasteiger partial charge in [-0.25, -0.2) is 4.79 Å². The molecule has 134 valence electrons. The van der Waals surface area contributed by atoms with Crippen LogP contribution in [0.15, 0.2) is 29.6 Å². The monoisotopic (exact) mass is 369 g/mol. The van der Waals surface area contributed by atoms with Gasteiger partial charge in [0.1, 0.15) is 5.69 Å². The molecule has 1 aliphatic heterocycles. The van der Waals surface area contributed by atoms with Gasteiger partial charge in [0.25, 0.3) is 0 Å². The lowest BCUT2D eigenvalue weighted by atomic mass is 9.91. The first-order valence-electron chi connectivity index (χ1n) is 8.32. The Morgan fingerprint density at radius 1 is 1.23 bits per heavy atom. The number of carbonyl (C=O) groups is 1. The molecule has 0 bridgehead atoms. The summed E-state index contributed by atoms with van der Waals surface area (Å²) < 4.78 is 13.0. The number of rotatable bonds is 4. The Morgan fingerprint density at radius 3 is 2.65 bits per heavy atom. The molecule has 0 radical (unpaired) electrons. The fraction of sp³-hybridized carbons (Fsp3) is 0.250. The van der Waals surface area contributed by atoms with E-state index in [1.54, 1.807) is 31.6 Å². The molecule has 0 atom stereocenters. The van der Waals surface area contributed by atoms with Crippen LogP contribution < -0.4 is 9.47 Å². The molecule has 26 heavy (non-hydrogen) atoms. The molecule has 0 fully saturated rings. The highest BCUT2D eigenvalue weighted by Gasteiger charge is 2.29. The van der Waals surface area contributed by atoms with Gasteiger partial charge < -0.3 is 19.1 Å². The summed E-state index contributed by atoms with van der Waals surface area (Å²) in [4.78, 5) is 12.9. The maximum Gasteiger partial charge on any atom is 0.352 e. The molecule has 3 aromatic rings. The molecule has 4 rings (SSSR count). The average molecular weight is 369 g/mol. The van der Waals surface area contributed by atoms with Crippen LogP contribution in [-0.4, -0.2) is 29.9 Å². The Balaban J connectivity index is 2.06. The summed E-state index contributed by atoms with van der Waals surface area (Å²) in [5, 5.41) is 11.7. The third-order valence-electron chi connectivity index (χ3n) is 4.98. The second kappa shape index (κ2) is 6.21. The quantitative estimate of drug-likeness (QED) is 0.737. The molecule has 2 aromatic heterocycles. The molecule has 0 saturated heterocycles. The average Bonchev–Trinajstić information content (AvgIpc) is 3.28. The van der Waals surface area contributed by atoms with Gasteiger partial charge in [-0.05, 0) is 48.1 Å². The van der Waals surface area contributed by atoms with Gasteiger partial charge >= 0.3 is 5.97 Å². The van der Waals surface area contributed by atoms with Gasteiger partial charge in [0.2, 0.25) is 0 Å². The Labute approximate surface area is 155 Å². The van der Waals surface area contributed by atoms with Gasteiger partial charge in [-0.1, -0.05) is 6.07 Å². The standard InChI is InChI=1S/C20H19NO4S/c1-11-12-6-7-21-15(20(22)23)9-14(17-5-4-8-26-17)18(21)13(12)10-16(24-2)19(11)25-3/h4-5,8-10H,6-7H2,1-3H3,(H,22,23). The molecule has 1 N–H and O–H groups in total. The number of carboxylic acid groups (broad SMARTS) is 1. The molecule has 3 heterocycles. The van der Waals surface area contributed by atoms with Crippen molar-refractivity contribution >= 4 is 17.3 Å². The minimum atomic E-state index is -0.908. The first-order valence-corrected chi connectivity index (χ1v) is 9.20. The molecule has 0 unspecified atom stereocenters. The van der Waals surface area contributed by atoms with E-state index >= 15 is 0 Å². The second-order valence-corrected chi connectivity index (χ2v) is 7.19. The maximum absolute atomic E-state index is 11.8. The molecule has 1 aliphatic rings. The minimum absolute atomic E-state index is 0.321. The fourth-order valence-electron chi connectivity index (χ4n) is 3.84. The Kier molecular flexibility index (Phi) is 4.00. The smallest absolute Gasteiger partial charge is 0.352 e. The van der Waals surface area contributed by atoms with Crippen molar-refractivity contribution in [3.05, 3.63) is 46.5 Å². The predicted molar refractivity (Wildman–Crippen MR) is 102 cm³/mol. The first kappa shape index (κ1) is 16.7. The number of benzene rings is 1. The number of ether oxygens (including phenoxy) is 2. The van der Waals surface area contributed by atoms with Crippen molar-refractivity contribution in [2.45, 2.75) is 19.9 Å². The maximum atomic E-state index is 11.8. The normalized spacial score (nSPS) is 12.4. The van der Waals surface area contributed by atoms with Crippen LogP contribution in [0.25, 0.3) is 21.7 Å². The summed E-state index contributed by atoms with van der Waals surface area (Å²) in [6.45, 7) is 2.66. The predicted octanol–water partition coefficient (Wildman–Crippen LogP) is 4.46. The van der Waals surface area contributed by atoms with Crippen LogP contribution in [0.3, 0.4) is 0 Å². The van der Waals surface area contributed by atoms with Gasteiger partial charge in [0, 0.05) is 22.5 Å². The molecule has 5 nitrogen and oxygen atoms in total. The highest BCUT2D eigenvalue weighted by Crippen LogP contribution is 2.46. The Bertz CT molecular complexity index is 1000. The zero-order valence-corrected chi connectivity index (χ0v) is 15.6. The first-order chi connectivity index (χ1) is 12.6. The van der Waals surface area contributed by atoms with Crippen molar-refractivity contribution in [1.29, 1.82) is 0 Å². The van der Waals surface area contributed by atoms with E-state index in [-0.39, 0.29) is 0 Å². The molecular formula is C20H19NO4S. The zero-order valence-electron chi connectivity index (χ0n) is 14.8. The van der Waals surface area contributed by atoms with Crippen molar-refractivity contribution in [3.63, 3.8) is 0 Å². The van der Waals surface area contributed by atoms with Crippen molar-refractivity contribution in [2.24, 2.45) is 0 Å². The van der Waals surface area contributed by atoms with E-state index in [9.17, 15) is 9.90 Å². The number of carboxylic acids is 1. The number of hydrogen-bond donors (Lipinski definition) is 1. The van der Waals surface area contributed by atoms with E-state index in [1.807, 2.05) is 35.1 Å². The Hall–Kier alpha value is -2.73. The fourth-order valence-corrected chi connectivity index (χ4v) is 4.58. The topological polar surface area (TPSA) is 60.7 Å². The molecule has 0 spiro atoms. The third kappa shape index (κ3) is 2.33. The summed E-state index contributed by atoms with van der Waals surface area (Å²) in [7, 11) is 3.26. The van der Waals surface area contributed by atoms with E-state index in [1.165, 1.54) is 5.56 Å². The molecule has 0 amide bonds. The lowest BCUT2D eigenvalue weighted by Crippen LogP contribution is -2.17. The van der Waals surface area contributed by atoms with Crippen molar-refractivity contribution < 1.29 is 19.4 Å². The van der Waals surface area contributed by atoms with Crippen LogP contribution in [0.1, 0.15) is 21.6 Å². The molecular weight excluding hydrogens is 350 g/mol. The van der Waals surface area contributed by atoms with Crippen LogP contribution in [0.2, 0.25) is 0 Å². The van der Waals surface area contributed by atoms with Crippen LogP contribution in [0.5, 0.6) is 11.5 Å². The summed E-state index contributed by atoms with van der Waals surface area (Å²) in [5.41, 5.74) is 5.45. The summed E-state index contributed by atoms with van der Waals surface area (Å²) in [6, 6.07) is 7.75. The lowest BCUT2D eigenvalue weighted by molar-refractivity contribution is 0.0685. The molecule has 6 heteroatoms. The second-order valence-electron chi connectivity index (χ2n) is 6.24. The third-order valence-corrected chi connectivity index (χ3v) is 5.89. The lowest BCUT2D eigenvalue weighted by Gasteiger charge is -2.25. The summed E-state index contributed by atoms with van der Waals surface area (Å²) >= 11 is 1.61. The SMILES string of the molecule is COc1cc2c(c(C)c1OC)CCn1c(C(=O)O)cc(-c3cccs3)c1-2. The molecule has 0 aliphatic carbocycles. The largest absolute Gasteiger partial charge is 0.493 e. The van der Waals surface area contributed by atoms with E-state index in [0.717, 1.165) is 39.4 Å². The van der Waals surface area contributed by atoms with Crippen LogP contribution in [0, 0.1) is 6.92 Å². The number of nitrogens with zero attached hydrogens (tertiary/aromatic N) is 1. The van der Waals surface area contributed by atoms with E-state index in [0.29, 0.717) is 18.0 Å². The van der Waals surface area contributed by atoms with Crippen LogP contribution >= 0.6 is 11.3 Å². The zero-order chi connectivity index (χ0) is 18.4. The highest BCUT2D eigenvalue weighted by molar-refractivity contribution is 7.13. The highest BCUT2D eigenvalue weighted by atomic mass is 32.1. The van der Waals surface area contributed by atoms with Crippen molar-refractivity contribution in [1.82, 2.24) is 4.57 Å². The van der Waals surface area contributed by atoms with Gasteiger partial charge in [-0.2, -0.15) is 0 Å². The number of fused-ring (bicyclic) bond motifs is 3. The van der Waals surface area contributed by atoms with Crippen LogP contribution in [-0.2, 0) is 13.0 Å². The van der Waals surface area contributed by atoms with Gasteiger partial charge in [-0.3, -0.25) is 0 Å². The van der Waals surface area contributed by atoms with Gasteiger partial charge in [0.15, 0.2) is 11.5 Å². The molecule has 0 saturated carbocycles. The van der Waals surface area contributed by atoms with E-state index < -0.39 is 5.97 Å². The van der Waals surface area contributed by atoms with Crippen molar-refractivity contribution in [3.8, 4) is 33.2 Å². The number of hydrogen-bond acceptors (Lipinski definition) is 4. The minimum Gasteiger partial charge on any atom is -0.493 e. The number of aromatic carboxylic acids is 1. The number of aromatic nitrogens is 1. The molecule has 1 aromatic carbocycles. The van der Waals surface area contributed by atoms with Crippen molar-refractivity contribution in [2.75, 3.05) is 14.2 Å². The van der Waals surface area contributed by atoms with Gasteiger partial charge in [-0.15, -0.1) is 11.3 Å². The van der Waals surface area contributed by atoms with E-state index in [2.05, 4.69) is 0 Å². The van der Waals surface area contributed by atoms with Gasteiger partial charge in [0.05, 0.1) is 19.9 Å². The van der Waals surface area contributed by atoms with E-state index in [4.69, 9.17) is 9.47 Å².